The van der Waals surface area contributed by atoms with Gasteiger partial charge in [-0.05, 0) is 81.3 Å². The highest BCUT2D eigenvalue weighted by atomic mass is 14.9. The molecule has 0 amide bonds. The molecular formula is C18H26N2. The lowest BCUT2D eigenvalue weighted by Crippen LogP contribution is -2.27. The van der Waals surface area contributed by atoms with E-state index in [1.807, 2.05) is 0 Å². The standard InChI is InChI=1S/C18H26N2/c1-4-19-12(2)9-16-13(3)20-18-11-15-8-6-5-7-14(15)10-17(16)18/h10-12,19-20H,4-9H2,1-3H3. The van der Waals surface area contributed by atoms with Crippen molar-refractivity contribution in [1.82, 2.24) is 10.3 Å². The summed E-state index contributed by atoms with van der Waals surface area (Å²) in [5.41, 5.74) is 7.33. The summed E-state index contributed by atoms with van der Waals surface area (Å²) in [5, 5.41) is 4.98. The molecule has 1 heterocycles. The molecule has 0 radical (unpaired) electrons. The normalized spacial score (nSPS) is 16.4. The van der Waals surface area contributed by atoms with Gasteiger partial charge in [0.25, 0.3) is 0 Å². The van der Waals surface area contributed by atoms with Crippen LogP contribution < -0.4 is 5.32 Å². The average molecular weight is 270 g/mol. The Hall–Kier alpha value is -1.28. The Morgan fingerprint density at radius 3 is 2.60 bits per heavy atom. The molecule has 0 spiro atoms. The van der Waals surface area contributed by atoms with E-state index < -0.39 is 0 Å². The predicted octanol–water partition coefficient (Wildman–Crippen LogP) is 3.90. The zero-order valence-corrected chi connectivity index (χ0v) is 13.0. The van der Waals surface area contributed by atoms with Crippen molar-refractivity contribution in [2.24, 2.45) is 0 Å². The van der Waals surface area contributed by atoms with E-state index in [-0.39, 0.29) is 0 Å². The molecule has 1 aromatic carbocycles. The van der Waals surface area contributed by atoms with Crippen molar-refractivity contribution in [3.05, 3.63) is 34.5 Å². The Kier molecular flexibility index (Phi) is 3.84. The number of hydrogen-bond donors (Lipinski definition) is 2. The lowest BCUT2D eigenvalue weighted by molar-refractivity contribution is 0.565. The van der Waals surface area contributed by atoms with Gasteiger partial charge in [0.2, 0.25) is 0 Å². The van der Waals surface area contributed by atoms with E-state index in [0.29, 0.717) is 6.04 Å². The monoisotopic (exact) mass is 270 g/mol. The van der Waals surface area contributed by atoms with Gasteiger partial charge >= 0.3 is 0 Å². The van der Waals surface area contributed by atoms with Gasteiger partial charge in [0.1, 0.15) is 0 Å². The summed E-state index contributed by atoms with van der Waals surface area (Å²) in [6.07, 6.45) is 6.33. The summed E-state index contributed by atoms with van der Waals surface area (Å²) in [6.45, 7) is 7.71. The van der Waals surface area contributed by atoms with Crippen LogP contribution in [-0.2, 0) is 19.3 Å². The number of aromatic amines is 1. The highest BCUT2D eigenvalue weighted by Crippen LogP contribution is 2.30. The molecule has 2 heteroatoms. The van der Waals surface area contributed by atoms with Crippen molar-refractivity contribution in [2.75, 3.05) is 6.54 Å². The fraction of sp³-hybridized carbons (Fsp3) is 0.556. The minimum atomic E-state index is 0.536. The third-order valence-corrected chi connectivity index (χ3v) is 4.64. The number of fused-ring (bicyclic) bond motifs is 2. The Labute approximate surface area is 122 Å². The Balaban J connectivity index is 2.01. The predicted molar refractivity (Wildman–Crippen MR) is 86.5 cm³/mol. The second-order valence-electron chi connectivity index (χ2n) is 6.27. The summed E-state index contributed by atoms with van der Waals surface area (Å²) in [4.78, 5) is 3.60. The van der Waals surface area contributed by atoms with E-state index >= 15 is 0 Å². The minimum Gasteiger partial charge on any atom is -0.358 e. The first kappa shape index (κ1) is 13.7. The second-order valence-corrected chi connectivity index (χ2v) is 6.27. The topological polar surface area (TPSA) is 27.8 Å². The molecule has 1 aliphatic carbocycles. The molecule has 1 aromatic heterocycles. The van der Waals surface area contributed by atoms with Crippen molar-refractivity contribution in [3.63, 3.8) is 0 Å². The zero-order valence-electron chi connectivity index (χ0n) is 13.0. The highest BCUT2D eigenvalue weighted by Gasteiger charge is 2.16. The molecule has 0 saturated heterocycles. The maximum atomic E-state index is 3.60. The van der Waals surface area contributed by atoms with Crippen LogP contribution in [-0.4, -0.2) is 17.6 Å². The molecule has 2 N–H and O–H groups in total. The van der Waals surface area contributed by atoms with Gasteiger partial charge in [0, 0.05) is 22.6 Å². The fourth-order valence-electron chi connectivity index (χ4n) is 3.61. The lowest BCUT2D eigenvalue weighted by atomic mass is 9.89. The van der Waals surface area contributed by atoms with E-state index in [2.05, 4.69) is 43.2 Å². The molecule has 2 nitrogen and oxygen atoms in total. The molecule has 1 aliphatic rings. The Morgan fingerprint density at radius 1 is 1.20 bits per heavy atom. The SMILES string of the molecule is CCNC(C)Cc1c(C)[nH]c2cc3c(cc12)CCCC3. The number of aromatic nitrogens is 1. The van der Waals surface area contributed by atoms with Gasteiger partial charge in [-0.1, -0.05) is 6.92 Å². The summed E-state index contributed by atoms with van der Waals surface area (Å²) in [6, 6.07) is 5.40. The van der Waals surface area contributed by atoms with Gasteiger partial charge in [-0.25, -0.2) is 0 Å². The summed E-state index contributed by atoms with van der Waals surface area (Å²) < 4.78 is 0. The Bertz CT molecular complexity index is 609. The van der Waals surface area contributed by atoms with Gasteiger partial charge in [-0.2, -0.15) is 0 Å². The number of benzene rings is 1. The molecule has 0 bridgehead atoms. The van der Waals surface area contributed by atoms with Crippen molar-refractivity contribution < 1.29 is 0 Å². The third-order valence-electron chi connectivity index (χ3n) is 4.64. The maximum absolute atomic E-state index is 3.60. The first-order chi connectivity index (χ1) is 9.69. The molecule has 2 aromatic rings. The van der Waals surface area contributed by atoms with Gasteiger partial charge < -0.3 is 10.3 Å². The van der Waals surface area contributed by atoms with Gasteiger partial charge in [-0.3, -0.25) is 0 Å². The van der Waals surface area contributed by atoms with E-state index in [9.17, 15) is 0 Å². The van der Waals surface area contributed by atoms with Crippen LogP contribution in [0.2, 0.25) is 0 Å². The third kappa shape index (κ3) is 2.49. The second kappa shape index (κ2) is 5.61. The Morgan fingerprint density at radius 2 is 1.90 bits per heavy atom. The van der Waals surface area contributed by atoms with Crippen molar-refractivity contribution in [3.8, 4) is 0 Å². The first-order valence-electron chi connectivity index (χ1n) is 8.05. The van der Waals surface area contributed by atoms with Gasteiger partial charge in [-0.15, -0.1) is 0 Å². The van der Waals surface area contributed by atoms with Crippen LogP contribution in [0.1, 0.15) is 49.1 Å². The van der Waals surface area contributed by atoms with Gasteiger partial charge in [0.15, 0.2) is 0 Å². The maximum Gasteiger partial charge on any atom is 0.0461 e. The summed E-state index contributed by atoms with van der Waals surface area (Å²) in [5.74, 6) is 0. The largest absolute Gasteiger partial charge is 0.358 e. The molecule has 3 rings (SSSR count). The van der Waals surface area contributed by atoms with Crippen molar-refractivity contribution in [2.45, 2.75) is 58.9 Å². The smallest absolute Gasteiger partial charge is 0.0461 e. The van der Waals surface area contributed by atoms with E-state index in [1.165, 1.54) is 47.8 Å². The summed E-state index contributed by atoms with van der Waals surface area (Å²) >= 11 is 0. The van der Waals surface area contributed by atoms with Crippen LogP contribution in [0.15, 0.2) is 12.1 Å². The number of hydrogen-bond acceptors (Lipinski definition) is 1. The molecule has 0 saturated carbocycles. The fourth-order valence-corrected chi connectivity index (χ4v) is 3.61. The van der Waals surface area contributed by atoms with Crippen LogP contribution >= 0.6 is 0 Å². The number of nitrogens with one attached hydrogen (secondary N) is 2. The molecule has 1 unspecified atom stereocenters. The number of likely N-dealkylation sites (N-methyl/N-ethyl adjacent to an activating group) is 1. The quantitative estimate of drug-likeness (QED) is 0.866. The number of aryl methyl sites for hydroxylation is 3. The minimum absolute atomic E-state index is 0.536. The molecule has 0 aliphatic heterocycles. The van der Waals surface area contributed by atoms with Crippen LogP contribution in [0.4, 0.5) is 0 Å². The van der Waals surface area contributed by atoms with Crippen molar-refractivity contribution in [1.29, 1.82) is 0 Å². The first-order valence-corrected chi connectivity index (χ1v) is 8.05. The lowest BCUT2D eigenvalue weighted by Gasteiger charge is -2.16. The molecular weight excluding hydrogens is 244 g/mol. The van der Waals surface area contributed by atoms with E-state index in [4.69, 9.17) is 0 Å². The van der Waals surface area contributed by atoms with Crippen LogP contribution in [0.3, 0.4) is 0 Å². The van der Waals surface area contributed by atoms with Crippen LogP contribution in [0.5, 0.6) is 0 Å². The van der Waals surface area contributed by atoms with Crippen molar-refractivity contribution >= 4 is 10.9 Å². The molecule has 20 heavy (non-hydrogen) atoms. The van der Waals surface area contributed by atoms with Crippen LogP contribution in [0, 0.1) is 6.92 Å². The summed E-state index contributed by atoms with van der Waals surface area (Å²) in [7, 11) is 0. The van der Waals surface area contributed by atoms with E-state index in [0.717, 1.165) is 13.0 Å². The zero-order chi connectivity index (χ0) is 14.1. The number of H-pyrrole nitrogens is 1. The molecule has 1 atom stereocenters. The highest BCUT2D eigenvalue weighted by molar-refractivity contribution is 5.86. The number of rotatable bonds is 4. The molecule has 0 fully saturated rings. The molecule has 108 valence electrons. The average Bonchev–Trinajstić information content (AvgIpc) is 2.72. The van der Waals surface area contributed by atoms with E-state index in [1.54, 1.807) is 11.1 Å². The van der Waals surface area contributed by atoms with Gasteiger partial charge in [0.05, 0.1) is 0 Å². The van der Waals surface area contributed by atoms with Crippen LogP contribution in [0.25, 0.3) is 10.9 Å².